The van der Waals surface area contributed by atoms with Crippen molar-refractivity contribution in [3.05, 3.63) is 41.1 Å². The van der Waals surface area contributed by atoms with E-state index in [0.29, 0.717) is 6.54 Å². The van der Waals surface area contributed by atoms with Crippen molar-refractivity contribution in [2.45, 2.75) is 40.2 Å². The van der Waals surface area contributed by atoms with Crippen molar-refractivity contribution in [3.63, 3.8) is 0 Å². The molecule has 1 N–H and O–H groups in total. The number of hydrogen-bond acceptors (Lipinski definition) is 2. The van der Waals surface area contributed by atoms with Gasteiger partial charge >= 0.3 is 5.97 Å². The van der Waals surface area contributed by atoms with Crippen LogP contribution < -0.4 is 0 Å². The quantitative estimate of drug-likeness (QED) is 0.903. The highest BCUT2D eigenvalue weighted by Crippen LogP contribution is 2.24. The molecule has 0 aliphatic rings. The minimum Gasteiger partial charge on any atom is -0.477 e. The summed E-state index contributed by atoms with van der Waals surface area (Å²) >= 11 is 0. The Bertz CT molecular complexity index is 629. The summed E-state index contributed by atoms with van der Waals surface area (Å²) in [6.07, 6.45) is 1.94. The molecule has 0 fully saturated rings. The maximum Gasteiger partial charge on any atom is 0.354 e. The first kappa shape index (κ1) is 14.3. The lowest BCUT2D eigenvalue weighted by atomic mass is 10.0. The van der Waals surface area contributed by atoms with Gasteiger partial charge < -0.3 is 5.11 Å². The van der Waals surface area contributed by atoms with Gasteiger partial charge in [0.2, 0.25) is 0 Å². The molecule has 0 bridgehead atoms. The number of aryl methyl sites for hydroxylation is 3. The van der Waals surface area contributed by atoms with Gasteiger partial charge in [0.05, 0.1) is 5.69 Å². The van der Waals surface area contributed by atoms with Gasteiger partial charge in [0.15, 0.2) is 0 Å². The first-order valence-electron chi connectivity index (χ1n) is 6.91. The first-order valence-corrected chi connectivity index (χ1v) is 6.91. The molecule has 1 aromatic heterocycles. The van der Waals surface area contributed by atoms with Crippen molar-refractivity contribution in [1.29, 1.82) is 0 Å². The zero-order chi connectivity index (χ0) is 14.7. The van der Waals surface area contributed by atoms with Crippen LogP contribution >= 0.6 is 0 Å². The fourth-order valence-electron chi connectivity index (χ4n) is 2.30. The number of nitrogens with zero attached hydrogens (tertiary/aromatic N) is 2. The summed E-state index contributed by atoms with van der Waals surface area (Å²) in [5.41, 5.74) is 4.29. The lowest BCUT2D eigenvalue weighted by Gasteiger charge is -2.04. The topological polar surface area (TPSA) is 55.1 Å². The third kappa shape index (κ3) is 2.90. The molecule has 1 aromatic carbocycles. The second-order valence-corrected chi connectivity index (χ2v) is 5.12. The highest BCUT2D eigenvalue weighted by atomic mass is 16.4. The predicted molar refractivity (Wildman–Crippen MR) is 79.0 cm³/mol. The van der Waals surface area contributed by atoms with Gasteiger partial charge in [-0.2, -0.15) is 5.10 Å². The summed E-state index contributed by atoms with van der Waals surface area (Å²) in [7, 11) is 0. The molecule has 0 spiro atoms. The Morgan fingerprint density at radius 2 is 2.05 bits per heavy atom. The molecule has 106 valence electrons. The molecule has 4 heteroatoms. The van der Waals surface area contributed by atoms with E-state index in [4.69, 9.17) is 0 Å². The molecule has 0 amide bonds. The molecular formula is C16H20N2O2. The van der Waals surface area contributed by atoms with Crippen molar-refractivity contribution in [2.24, 2.45) is 0 Å². The lowest BCUT2D eigenvalue weighted by molar-refractivity contribution is 0.0683. The molecule has 0 aliphatic carbocycles. The van der Waals surface area contributed by atoms with E-state index in [-0.39, 0.29) is 5.69 Å². The van der Waals surface area contributed by atoms with E-state index >= 15 is 0 Å². The molecular weight excluding hydrogens is 252 g/mol. The van der Waals surface area contributed by atoms with Crippen LogP contribution in [-0.2, 0) is 6.54 Å². The molecule has 0 saturated heterocycles. The fourth-order valence-corrected chi connectivity index (χ4v) is 2.30. The van der Waals surface area contributed by atoms with Gasteiger partial charge in [-0.15, -0.1) is 0 Å². The van der Waals surface area contributed by atoms with Crippen LogP contribution in [0.25, 0.3) is 11.3 Å². The zero-order valence-electron chi connectivity index (χ0n) is 12.2. The monoisotopic (exact) mass is 272 g/mol. The number of carboxylic acid groups (broad SMARTS) is 1. The van der Waals surface area contributed by atoms with Crippen LogP contribution in [0.5, 0.6) is 0 Å². The Morgan fingerprint density at radius 1 is 1.30 bits per heavy atom. The first-order chi connectivity index (χ1) is 9.52. The Labute approximate surface area is 119 Å². The van der Waals surface area contributed by atoms with Crippen molar-refractivity contribution >= 4 is 5.97 Å². The van der Waals surface area contributed by atoms with E-state index in [9.17, 15) is 9.90 Å². The maximum atomic E-state index is 11.3. The van der Waals surface area contributed by atoms with Gasteiger partial charge in [-0.25, -0.2) is 4.79 Å². The zero-order valence-corrected chi connectivity index (χ0v) is 12.2. The Balaban J connectivity index is 2.44. The average Bonchev–Trinajstić information content (AvgIpc) is 2.80. The molecule has 0 atom stereocenters. The standard InChI is InChI=1S/C16H20N2O2/c1-4-5-8-18-15(16(19)20)10-14(17-18)13-7-6-11(2)9-12(13)3/h6-7,9-10H,4-5,8H2,1-3H3,(H,19,20). The van der Waals surface area contributed by atoms with Crippen LogP contribution in [-0.4, -0.2) is 20.9 Å². The molecule has 0 unspecified atom stereocenters. The van der Waals surface area contributed by atoms with Crippen molar-refractivity contribution in [1.82, 2.24) is 9.78 Å². The molecule has 0 radical (unpaired) electrons. The van der Waals surface area contributed by atoms with Gasteiger partial charge in [0.25, 0.3) is 0 Å². The average molecular weight is 272 g/mol. The highest BCUT2D eigenvalue weighted by molar-refractivity contribution is 5.87. The minimum absolute atomic E-state index is 0.258. The smallest absolute Gasteiger partial charge is 0.354 e. The summed E-state index contributed by atoms with van der Waals surface area (Å²) in [5, 5.41) is 13.7. The van der Waals surface area contributed by atoms with Gasteiger partial charge in [-0.1, -0.05) is 37.1 Å². The Kier molecular flexibility index (Phi) is 4.23. The number of hydrogen-bond donors (Lipinski definition) is 1. The van der Waals surface area contributed by atoms with Gasteiger partial charge in [-0.3, -0.25) is 4.68 Å². The van der Waals surface area contributed by atoms with Crippen LogP contribution in [0.15, 0.2) is 24.3 Å². The Hall–Kier alpha value is -2.10. The predicted octanol–water partition coefficient (Wildman–Crippen LogP) is 3.67. The van der Waals surface area contributed by atoms with E-state index in [0.717, 1.165) is 29.7 Å². The number of carboxylic acids is 1. The third-order valence-electron chi connectivity index (χ3n) is 3.38. The van der Waals surface area contributed by atoms with Gasteiger partial charge in [0.1, 0.15) is 5.69 Å². The van der Waals surface area contributed by atoms with Crippen molar-refractivity contribution in [3.8, 4) is 11.3 Å². The molecule has 0 saturated carbocycles. The summed E-state index contributed by atoms with van der Waals surface area (Å²) in [4.78, 5) is 11.3. The van der Waals surface area contributed by atoms with E-state index in [1.807, 2.05) is 26.0 Å². The molecule has 0 aliphatic heterocycles. The minimum atomic E-state index is -0.926. The lowest BCUT2D eigenvalue weighted by Crippen LogP contribution is -2.09. The molecule has 1 heterocycles. The van der Waals surface area contributed by atoms with Crippen LogP contribution in [0.2, 0.25) is 0 Å². The second-order valence-electron chi connectivity index (χ2n) is 5.12. The summed E-state index contributed by atoms with van der Waals surface area (Å²) in [6, 6.07) is 7.77. The third-order valence-corrected chi connectivity index (χ3v) is 3.38. The Morgan fingerprint density at radius 3 is 2.65 bits per heavy atom. The highest BCUT2D eigenvalue weighted by Gasteiger charge is 2.15. The van der Waals surface area contributed by atoms with E-state index < -0.39 is 5.97 Å². The normalized spacial score (nSPS) is 10.8. The number of carbonyl (C=O) groups is 1. The van der Waals surface area contributed by atoms with Crippen LogP contribution in [0, 0.1) is 13.8 Å². The van der Waals surface area contributed by atoms with Crippen LogP contribution in [0.1, 0.15) is 41.4 Å². The summed E-state index contributed by atoms with van der Waals surface area (Å²) < 4.78 is 1.60. The fraction of sp³-hybridized carbons (Fsp3) is 0.375. The summed E-state index contributed by atoms with van der Waals surface area (Å²) in [5.74, 6) is -0.926. The number of benzene rings is 1. The molecule has 20 heavy (non-hydrogen) atoms. The largest absolute Gasteiger partial charge is 0.477 e. The SMILES string of the molecule is CCCCn1nc(-c2ccc(C)cc2C)cc1C(=O)O. The number of rotatable bonds is 5. The van der Waals surface area contributed by atoms with Crippen molar-refractivity contribution in [2.75, 3.05) is 0 Å². The number of aromatic nitrogens is 2. The second kappa shape index (κ2) is 5.90. The number of unbranched alkanes of at least 4 members (excludes halogenated alkanes) is 1. The molecule has 4 nitrogen and oxygen atoms in total. The van der Waals surface area contributed by atoms with Crippen LogP contribution in [0.4, 0.5) is 0 Å². The van der Waals surface area contributed by atoms with E-state index in [1.54, 1.807) is 10.7 Å². The summed E-state index contributed by atoms with van der Waals surface area (Å²) in [6.45, 7) is 6.78. The van der Waals surface area contributed by atoms with Gasteiger partial charge in [0, 0.05) is 12.1 Å². The van der Waals surface area contributed by atoms with Crippen LogP contribution in [0.3, 0.4) is 0 Å². The maximum absolute atomic E-state index is 11.3. The van der Waals surface area contributed by atoms with Crippen molar-refractivity contribution < 1.29 is 9.90 Å². The molecule has 2 aromatic rings. The number of aromatic carboxylic acids is 1. The van der Waals surface area contributed by atoms with E-state index in [1.165, 1.54) is 5.56 Å². The van der Waals surface area contributed by atoms with Gasteiger partial charge in [-0.05, 0) is 31.9 Å². The molecule has 2 rings (SSSR count). The van der Waals surface area contributed by atoms with E-state index in [2.05, 4.69) is 18.1 Å².